The molecule has 4 nitrogen and oxygen atoms in total. The maximum absolute atomic E-state index is 10.0. The minimum atomic E-state index is -0.863. The molecule has 0 amide bonds. The molecule has 0 heterocycles. The molecule has 0 aliphatic heterocycles. The molecule has 0 aromatic rings. The van der Waals surface area contributed by atoms with Gasteiger partial charge in [0.05, 0.1) is 6.54 Å². The first-order valence-electron chi connectivity index (χ1n) is 3.74. The van der Waals surface area contributed by atoms with E-state index in [-0.39, 0.29) is 19.1 Å². The highest BCUT2D eigenvalue weighted by Crippen LogP contribution is 1.97. The third-order valence-electron chi connectivity index (χ3n) is 1.54. The molecule has 0 aromatic heterocycles. The lowest BCUT2D eigenvalue weighted by Crippen LogP contribution is -2.29. The molecule has 0 rings (SSSR count). The minimum Gasteiger partial charge on any atom is -0.480 e. The zero-order chi connectivity index (χ0) is 8.69. The molecule has 11 heavy (non-hydrogen) atoms. The molecule has 1 atom stereocenters. The van der Waals surface area contributed by atoms with Crippen LogP contribution in [0, 0.1) is 5.92 Å². The highest BCUT2D eigenvalue weighted by atomic mass is 16.4. The third kappa shape index (κ3) is 5.82. The second-order valence-electron chi connectivity index (χ2n) is 2.48. The Balaban J connectivity index is 3.28. The van der Waals surface area contributed by atoms with Gasteiger partial charge in [0.25, 0.3) is 0 Å². The van der Waals surface area contributed by atoms with Gasteiger partial charge in [-0.25, -0.2) is 0 Å². The first-order chi connectivity index (χ1) is 5.20. The monoisotopic (exact) mass is 161 g/mol. The van der Waals surface area contributed by atoms with E-state index in [1.54, 1.807) is 0 Å². The van der Waals surface area contributed by atoms with Crippen LogP contribution in [0.15, 0.2) is 0 Å². The molecule has 0 saturated carbocycles. The Morgan fingerprint density at radius 3 is 2.64 bits per heavy atom. The average molecular weight is 161 g/mol. The van der Waals surface area contributed by atoms with Gasteiger partial charge in [0.1, 0.15) is 0 Å². The topological polar surface area (TPSA) is 69.6 Å². The summed E-state index contributed by atoms with van der Waals surface area (Å²) in [6.07, 6.45) is 0.864. The van der Waals surface area contributed by atoms with Crippen molar-refractivity contribution in [1.29, 1.82) is 0 Å². The summed E-state index contributed by atoms with van der Waals surface area (Å²) in [5.41, 5.74) is 0. The number of aliphatic hydroxyl groups excluding tert-OH is 1. The minimum absolute atomic E-state index is 0.0312. The van der Waals surface area contributed by atoms with Crippen molar-refractivity contribution in [3.63, 3.8) is 0 Å². The molecule has 4 heteroatoms. The Kier molecular flexibility index (Phi) is 5.78. The van der Waals surface area contributed by atoms with Crippen LogP contribution in [-0.2, 0) is 4.79 Å². The van der Waals surface area contributed by atoms with Gasteiger partial charge in [-0.1, -0.05) is 6.92 Å². The van der Waals surface area contributed by atoms with Gasteiger partial charge >= 0.3 is 5.97 Å². The van der Waals surface area contributed by atoms with Crippen LogP contribution in [0.3, 0.4) is 0 Å². The predicted molar refractivity (Wildman–Crippen MR) is 41.4 cm³/mol. The number of aliphatic carboxylic acids is 1. The SMILES string of the molecule is CCC(CO)CNCC(=O)O. The number of nitrogens with one attached hydrogen (secondary N) is 1. The van der Waals surface area contributed by atoms with E-state index in [1.165, 1.54) is 0 Å². The molecule has 1 unspecified atom stereocenters. The lowest BCUT2D eigenvalue weighted by molar-refractivity contribution is -0.136. The van der Waals surface area contributed by atoms with Gasteiger partial charge in [0, 0.05) is 13.2 Å². The summed E-state index contributed by atoms with van der Waals surface area (Å²) in [6, 6.07) is 0. The first kappa shape index (κ1) is 10.4. The van der Waals surface area contributed by atoms with Crippen molar-refractivity contribution in [2.75, 3.05) is 19.7 Å². The van der Waals surface area contributed by atoms with E-state index < -0.39 is 5.97 Å². The summed E-state index contributed by atoms with van der Waals surface area (Å²) in [5.74, 6) is -0.688. The number of hydrogen-bond donors (Lipinski definition) is 3. The molecule has 66 valence electrons. The Hall–Kier alpha value is -0.610. The Labute approximate surface area is 66.2 Å². The van der Waals surface area contributed by atoms with Crippen molar-refractivity contribution in [2.45, 2.75) is 13.3 Å². The summed E-state index contributed by atoms with van der Waals surface area (Å²) < 4.78 is 0. The fraction of sp³-hybridized carbons (Fsp3) is 0.857. The van der Waals surface area contributed by atoms with Crippen LogP contribution in [0.2, 0.25) is 0 Å². The normalized spacial score (nSPS) is 12.9. The molecule has 0 aliphatic carbocycles. The number of carbonyl (C=O) groups is 1. The number of carboxylic acids is 1. The van der Waals surface area contributed by atoms with Crippen molar-refractivity contribution in [3.8, 4) is 0 Å². The molecule has 3 N–H and O–H groups in total. The Bertz CT molecular complexity index is 112. The molecule has 0 spiro atoms. The standard InChI is InChI=1S/C7H15NO3/c1-2-6(5-9)3-8-4-7(10)11/h6,8-9H,2-5H2,1H3,(H,10,11). The summed E-state index contributed by atoms with van der Waals surface area (Å²) in [5, 5.41) is 19.7. The molecular formula is C7H15NO3. The molecule has 0 bridgehead atoms. The highest BCUT2D eigenvalue weighted by Gasteiger charge is 2.04. The fourth-order valence-electron chi connectivity index (χ4n) is 0.721. The molecule has 0 radical (unpaired) electrons. The largest absolute Gasteiger partial charge is 0.480 e. The number of carboxylic acid groups (broad SMARTS) is 1. The van der Waals surface area contributed by atoms with E-state index in [0.29, 0.717) is 6.54 Å². The van der Waals surface area contributed by atoms with Crippen LogP contribution >= 0.6 is 0 Å². The van der Waals surface area contributed by atoms with Crippen LogP contribution in [0.5, 0.6) is 0 Å². The van der Waals surface area contributed by atoms with E-state index in [4.69, 9.17) is 10.2 Å². The zero-order valence-corrected chi connectivity index (χ0v) is 6.71. The van der Waals surface area contributed by atoms with E-state index in [1.807, 2.05) is 6.92 Å². The lowest BCUT2D eigenvalue weighted by Gasteiger charge is -2.10. The van der Waals surface area contributed by atoms with Crippen LogP contribution in [0.25, 0.3) is 0 Å². The van der Waals surface area contributed by atoms with E-state index >= 15 is 0 Å². The van der Waals surface area contributed by atoms with Gasteiger partial charge in [-0.05, 0) is 12.3 Å². The van der Waals surface area contributed by atoms with Gasteiger partial charge in [0.2, 0.25) is 0 Å². The summed E-state index contributed by atoms with van der Waals surface area (Å²) in [4.78, 5) is 10.0. The molecule has 0 saturated heterocycles. The van der Waals surface area contributed by atoms with E-state index in [0.717, 1.165) is 6.42 Å². The maximum atomic E-state index is 10.0. The van der Waals surface area contributed by atoms with Crippen molar-refractivity contribution < 1.29 is 15.0 Å². The van der Waals surface area contributed by atoms with Crippen LogP contribution < -0.4 is 5.32 Å². The van der Waals surface area contributed by atoms with E-state index in [2.05, 4.69) is 5.32 Å². The number of hydrogen-bond acceptors (Lipinski definition) is 3. The van der Waals surface area contributed by atoms with Crippen molar-refractivity contribution in [3.05, 3.63) is 0 Å². The fourth-order valence-corrected chi connectivity index (χ4v) is 0.721. The van der Waals surface area contributed by atoms with E-state index in [9.17, 15) is 4.79 Å². The molecule has 0 fully saturated rings. The summed E-state index contributed by atoms with van der Waals surface area (Å²) >= 11 is 0. The molecule has 0 aliphatic rings. The predicted octanol–water partition coefficient (Wildman–Crippen LogP) is -0.321. The second kappa shape index (κ2) is 6.12. The Morgan fingerprint density at radius 2 is 2.27 bits per heavy atom. The maximum Gasteiger partial charge on any atom is 0.317 e. The van der Waals surface area contributed by atoms with Gasteiger partial charge < -0.3 is 15.5 Å². The van der Waals surface area contributed by atoms with Crippen LogP contribution in [-0.4, -0.2) is 35.9 Å². The Morgan fingerprint density at radius 1 is 1.64 bits per heavy atom. The smallest absolute Gasteiger partial charge is 0.317 e. The average Bonchev–Trinajstić information content (AvgIpc) is 1.98. The summed E-state index contributed by atoms with van der Waals surface area (Å²) in [7, 11) is 0. The summed E-state index contributed by atoms with van der Waals surface area (Å²) in [6.45, 7) is 2.61. The van der Waals surface area contributed by atoms with Crippen molar-refractivity contribution >= 4 is 5.97 Å². The number of rotatable bonds is 6. The van der Waals surface area contributed by atoms with Gasteiger partial charge in [-0.3, -0.25) is 4.79 Å². The number of aliphatic hydroxyl groups is 1. The van der Waals surface area contributed by atoms with Crippen molar-refractivity contribution in [1.82, 2.24) is 5.32 Å². The second-order valence-corrected chi connectivity index (χ2v) is 2.48. The van der Waals surface area contributed by atoms with Crippen LogP contribution in [0.1, 0.15) is 13.3 Å². The van der Waals surface area contributed by atoms with Crippen molar-refractivity contribution in [2.24, 2.45) is 5.92 Å². The van der Waals surface area contributed by atoms with Gasteiger partial charge in [-0.2, -0.15) is 0 Å². The van der Waals surface area contributed by atoms with Gasteiger partial charge in [0.15, 0.2) is 0 Å². The quantitative estimate of drug-likeness (QED) is 0.499. The lowest BCUT2D eigenvalue weighted by atomic mass is 10.1. The van der Waals surface area contributed by atoms with Crippen LogP contribution in [0.4, 0.5) is 0 Å². The third-order valence-corrected chi connectivity index (χ3v) is 1.54. The first-order valence-corrected chi connectivity index (χ1v) is 3.74. The molecule has 0 aromatic carbocycles. The molecular weight excluding hydrogens is 146 g/mol. The van der Waals surface area contributed by atoms with Gasteiger partial charge in [-0.15, -0.1) is 0 Å². The highest BCUT2D eigenvalue weighted by molar-refractivity contribution is 5.68. The zero-order valence-electron chi connectivity index (χ0n) is 6.71.